The van der Waals surface area contributed by atoms with Gasteiger partial charge in [0.1, 0.15) is 5.75 Å². The van der Waals surface area contributed by atoms with E-state index in [9.17, 15) is 20.0 Å². The van der Waals surface area contributed by atoms with Crippen LogP contribution in [0.25, 0.3) is 5.57 Å². The van der Waals surface area contributed by atoms with E-state index in [-0.39, 0.29) is 34.7 Å². The molecule has 0 radical (unpaired) electrons. The first-order valence-corrected chi connectivity index (χ1v) is 12.6. The maximum absolute atomic E-state index is 13.4. The second kappa shape index (κ2) is 9.98. The minimum atomic E-state index is -0.501. The Balaban J connectivity index is 1.43. The van der Waals surface area contributed by atoms with Crippen molar-refractivity contribution in [3.05, 3.63) is 130 Å². The summed E-state index contributed by atoms with van der Waals surface area (Å²) in [5, 5.41) is 29.8. The Kier molecular flexibility index (Phi) is 6.20. The quantitative estimate of drug-likeness (QED) is 0.0962. The van der Waals surface area contributed by atoms with Gasteiger partial charge < -0.3 is 9.84 Å². The number of carbonyl (C=O) groups excluding carboxylic acids is 1. The molecule has 1 aliphatic heterocycles. The first-order chi connectivity index (χ1) is 19.0. The average Bonchev–Trinajstić information content (AvgIpc) is 2.97. The number of fused-ring (bicyclic) bond motifs is 3. The molecule has 6 rings (SSSR count). The molecule has 0 saturated carbocycles. The molecule has 8 heteroatoms. The SMILES string of the molecule is O=C1Oc2c(ccc(O)c2N=Nc2ccc([N+](=O)[O-])cc2)C2=CC(c3ccccc3)C(c3ccccc3)CC12. The number of benzene rings is 4. The van der Waals surface area contributed by atoms with Crippen molar-refractivity contribution >= 4 is 28.6 Å². The van der Waals surface area contributed by atoms with Gasteiger partial charge in [-0.2, -0.15) is 5.11 Å². The van der Waals surface area contributed by atoms with Crippen LogP contribution in [-0.4, -0.2) is 16.0 Å². The average molecular weight is 518 g/mol. The zero-order valence-corrected chi connectivity index (χ0v) is 20.7. The van der Waals surface area contributed by atoms with Gasteiger partial charge >= 0.3 is 5.97 Å². The molecule has 1 aliphatic carbocycles. The molecule has 192 valence electrons. The zero-order chi connectivity index (χ0) is 26.9. The van der Waals surface area contributed by atoms with Crippen LogP contribution in [0.2, 0.25) is 0 Å². The predicted octanol–water partition coefficient (Wildman–Crippen LogP) is 7.61. The van der Waals surface area contributed by atoms with Gasteiger partial charge in [-0.05, 0) is 53.3 Å². The predicted molar refractivity (Wildman–Crippen MR) is 145 cm³/mol. The highest BCUT2D eigenvalue weighted by Gasteiger charge is 2.42. The van der Waals surface area contributed by atoms with E-state index in [0.717, 1.165) is 16.7 Å². The molecule has 0 aromatic heterocycles. The fourth-order valence-corrected chi connectivity index (χ4v) is 5.41. The van der Waals surface area contributed by atoms with Crippen LogP contribution in [0.1, 0.15) is 34.9 Å². The lowest BCUT2D eigenvalue weighted by molar-refractivity contribution is -0.384. The van der Waals surface area contributed by atoms with Crippen LogP contribution in [0.3, 0.4) is 0 Å². The van der Waals surface area contributed by atoms with Crippen molar-refractivity contribution in [1.29, 1.82) is 0 Å². The number of hydrogen-bond donors (Lipinski definition) is 1. The summed E-state index contributed by atoms with van der Waals surface area (Å²) in [4.78, 5) is 23.8. The third kappa shape index (κ3) is 4.57. The normalized spacial score (nSPS) is 20.1. The van der Waals surface area contributed by atoms with Gasteiger partial charge in [-0.15, -0.1) is 5.11 Å². The Labute approximate surface area is 224 Å². The molecule has 0 amide bonds. The maximum atomic E-state index is 13.4. The number of rotatable bonds is 5. The lowest BCUT2D eigenvalue weighted by Crippen LogP contribution is -2.32. The number of ether oxygens (including phenoxy) is 1. The van der Waals surface area contributed by atoms with E-state index in [1.165, 1.54) is 30.3 Å². The highest BCUT2D eigenvalue weighted by atomic mass is 16.6. The van der Waals surface area contributed by atoms with Crippen molar-refractivity contribution < 1.29 is 19.6 Å². The number of non-ortho nitro benzene ring substituents is 1. The summed E-state index contributed by atoms with van der Waals surface area (Å²) in [6, 6.07) is 29.2. The molecule has 1 heterocycles. The van der Waals surface area contributed by atoms with Crippen LogP contribution in [0.15, 0.2) is 113 Å². The third-order valence-corrected chi connectivity index (χ3v) is 7.30. The Hall–Kier alpha value is -5.11. The number of phenols is 1. The standard InChI is InChI=1S/C31H23N3O5/c35-28-16-15-23-26-17-24(19-7-3-1-4-8-19)25(20-9-5-2-6-10-20)18-27(26)31(36)39-30(23)29(28)33-32-21-11-13-22(14-12-21)34(37)38/h1-17,24-25,27,35H,18H2. The first-order valence-electron chi connectivity index (χ1n) is 12.6. The van der Waals surface area contributed by atoms with E-state index in [1.54, 1.807) is 6.07 Å². The van der Waals surface area contributed by atoms with Crippen molar-refractivity contribution in [1.82, 2.24) is 0 Å². The molecule has 0 saturated heterocycles. The summed E-state index contributed by atoms with van der Waals surface area (Å²) in [5.41, 5.74) is 4.14. The summed E-state index contributed by atoms with van der Waals surface area (Å²) in [6.45, 7) is 0. The summed E-state index contributed by atoms with van der Waals surface area (Å²) >= 11 is 0. The van der Waals surface area contributed by atoms with Crippen LogP contribution in [0.5, 0.6) is 11.5 Å². The number of nitro benzene ring substituents is 1. The number of aromatic hydroxyl groups is 1. The summed E-state index contributed by atoms with van der Waals surface area (Å²) in [6.07, 6.45) is 2.73. The molecule has 0 spiro atoms. The number of azo groups is 1. The van der Waals surface area contributed by atoms with Crippen molar-refractivity contribution in [2.45, 2.75) is 18.3 Å². The van der Waals surface area contributed by atoms with Crippen LogP contribution < -0.4 is 4.74 Å². The molecule has 0 bridgehead atoms. The van der Waals surface area contributed by atoms with E-state index < -0.39 is 16.8 Å². The van der Waals surface area contributed by atoms with E-state index in [1.807, 2.05) is 36.4 Å². The van der Waals surface area contributed by atoms with Crippen LogP contribution >= 0.6 is 0 Å². The fourth-order valence-electron chi connectivity index (χ4n) is 5.41. The molecule has 0 fully saturated rings. The van der Waals surface area contributed by atoms with Gasteiger partial charge in [-0.25, -0.2) is 0 Å². The largest absolute Gasteiger partial charge is 0.505 e. The third-order valence-electron chi connectivity index (χ3n) is 7.30. The fraction of sp³-hybridized carbons (Fsp3) is 0.129. The number of nitrogens with zero attached hydrogens (tertiary/aromatic N) is 3. The summed E-state index contributed by atoms with van der Waals surface area (Å²) in [7, 11) is 0. The molecule has 3 unspecified atom stereocenters. The van der Waals surface area contributed by atoms with Gasteiger partial charge in [0, 0.05) is 23.6 Å². The van der Waals surface area contributed by atoms with E-state index in [2.05, 4.69) is 40.6 Å². The maximum Gasteiger partial charge on any atom is 0.318 e. The lowest BCUT2D eigenvalue weighted by Gasteiger charge is -2.38. The zero-order valence-electron chi connectivity index (χ0n) is 20.7. The number of esters is 1. The molecule has 8 nitrogen and oxygen atoms in total. The lowest BCUT2D eigenvalue weighted by atomic mass is 9.68. The molecular weight excluding hydrogens is 494 g/mol. The second-order valence-corrected chi connectivity index (χ2v) is 9.57. The van der Waals surface area contributed by atoms with Crippen molar-refractivity contribution in [2.75, 3.05) is 0 Å². The number of carbonyl (C=O) groups is 1. The van der Waals surface area contributed by atoms with E-state index in [0.29, 0.717) is 17.7 Å². The van der Waals surface area contributed by atoms with Gasteiger partial charge in [0.2, 0.25) is 0 Å². The van der Waals surface area contributed by atoms with Gasteiger partial charge in [0.15, 0.2) is 11.4 Å². The number of nitro groups is 1. The minimum absolute atomic E-state index is 0.0255. The number of allylic oxidation sites excluding steroid dienone is 1. The van der Waals surface area contributed by atoms with Crippen LogP contribution in [-0.2, 0) is 4.79 Å². The van der Waals surface area contributed by atoms with Gasteiger partial charge in [0.25, 0.3) is 5.69 Å². The number of hydrogen-bond acceptors (Lipinski definition) is 7. The molecular formula is C31H23N3O5. The first kappa shape index (κ1) is 24.2. The van der Waals surface area contributed by atoms with Gasteiger partial charge in [-0.1, -0.05) is 66.7 Å². The van der Waals surface area contributed by atoms with Gasteiger partial charge in [0.05, 0.1) is 16.5 Å². The van der Waals surface area contributed by atoms with Crippen molar-refractivity contribution in [3.63, 3.8) is 0 Å². The molecule has 39 heavy (non-hydrogen) atoms. The minimum Gasteiger partial charge on any atom is -0.505 e. The Morgan fingerprint density at radius 3 is 2.18 bits per heavy atom. The Bertz CT molecular complexity index is 1620. The smallest absolute Gasteiger partial charge is 0.318 e. The second-order valence-electron chi connectivity index (χ2n) is 9.57. The topological polar surface area (TPSA) is 114 Å². The Morgan fingerprint density at radius 2 is 1.51 bits per heavy atom. The molecule has 3 atom stereocenters. The van der Waals surface area contributed by atoms with Crippen molar-refractivity contribution in [2.24, 2.45) is 16.1 Å². The molecule has 4 aromatic carbocycles. The van der Waals surface area contributed by atoms with E-state index >= 15 is 0 Å². The monoisotopic (exact) mass is 517 g/mol. The highest BCUT2D eigenvalue weighted by molar-refractivity contribution is 5.98. The van der Waals surface area contributed by atoms with Crippen LogP contribution in [0, 0.1) is 16.0 Å². The van der Waals surface area contributed by atoms with E-state index in [4.69, 9.17) is 4.74 Å². The van der Waals surface area contributed by atoms with Crippen molar-refractivity contribution in [3.8, 4) is 11.5 Å². The summed E-state index contributed by atoms with van der Waals surface area (Å²) < 4.78 is 5.79. The Morgan fingerprint density at radius 1 is 0.846 bits per heavy atom. The molecule has 1 N–H and O–H groups in total. The number of phenolic OH excluding ortho intramolecular Hbond substituents is 1. The molecule has 2 aliphatic rings. The summed E-state index contributed by atoms with van der Waals surface area (Å²) in [5.74, 6) is -0.806. The van der Waals surface area contributed by atoms with Crippen LogP contribution in [0.4, 0.5) is 17.1 Å². The highest BCUT2D eigenvalue weighted by Crippen LogP contribution is 2.54. The molecule has 4 aromatic rings. The van der Waals surface area contributed by atoms with Gasteiger partial charge in [-0.3, -0.25) is 14.9 Å².